The summed E-state index contributed by atoms with van der Waals surface area (Å²) in [6.45, 7) is 2.27. The van der Waals surface area contributed by atoms with E-state index in [0.29, 0.717) is 17.9 Å². The van der Waals surface area contributed by atoms with Crippen LogP contribution in [0.2, 0.25) is 0 Å². The summed E-state index contributed by atoms with van der Waals surface area (Å²) in [5.74, 6) is 1.40. The number of hydrogen-bond acceptors (Lipinski definition) is 4. The van der Waals surface area contributed by atoms with Crippen molar-refractivity contribution in [3.8, 4) is 11.5 Å². The van der Waals surface area contributed by atoms with Crippen molar-refractivity contribution in [2.24, 2.45) is 0 Å². The lowest BCUT2D eigenvalue weighted by Gasteiger charge is -2.09. The molecule has 0 spiro atoms. The predicted octanol–water partition coefficient (Wildman–Crippen LogP) is 4.14. The molecule has 3 aromatic carbocycles. The molecule has 144 valence electrons. The standard InChI is InChI=1S/C23H23NO4/c1-16(25)18-5-8-21(9-6-18)28-12-11-23(26)24-15-17-3-4-20-14-22(27-2)10-7-19(20)13-17/h3-10,13-14H,11-12,15H2,1-2H3,(H,24,26). The lowest BCUT2D eigenvalue weighted by Crippen LogP contribution is -2.24. The van der Waals surface area contributed by atoms with Crippen LogP contribution in [0.4, 0.5) is 0 Å². The highest BCUT2D eigenvalue weighted by atomic mass is 16.5. The zero-order chi connectivity index (χ0) is 19.9. The Hall–Kier alpha value is -3.34. The van der Waals surface area contributed by atoms with Crippen molar-refractivity contribution in [1.82, 2.24) is 5.32 Å². The summed E-state index contributed by atoms with van der Waals surface area (Å²) in [5, 5.41) is 5.11. The Labute approximate surface area is 164 Å². The highest BCUT2D eigenvalue weighted by Gasteiger charge is 2.05. The molecule has 0 bridgehead atoms. The molecule has 0 aliphatic carbocycles. The average Bonchev–Trinajstić information content (AvgIpc) is 2.72. The van der Waals surface area contributed by atoms with E-state index in [1.54, 1.807) is 31.4 Å². The molecule has 0 atom stereocenters. The van der Waals surface area contributed by atoms with E-state index < -0.39 is 0 Å². The number of carbonyl (C=O) groups excluding carboxylic acids is 2. The minimum Gasteiger partial charge on any atom is -0.497 e. The lowest BCUT2D eigenvalue weighted by molar-refractivity contribution is -0.121. The SMILES string of the molecule is COc1ccc2cc(CNC(=O)CCOc3ccc(C(C)=O)cc3)ccc2c1. The van der Waals surface area contributed by atoms with Gasteiger partial charge in [-0.25, -0.2) is 0 Å². The molecule has 0 fully saturated rings. The third kappa shape index (κ3) is 5.10. The van der Waals surface area contributed by atoms with Gasteiger partial charge in [0.1, 0.15) is 11.5 Å². The van der Waals surface area contributed by atoms with Gasteiger partial charge in [-0.05, 0) is 65.7 Å². The zero-order valence-electron chi connectivity index (χ0n) is 16.0. The molecule has 28 heavy (non-hydrogen) atoms. The van der Waals surface area contributed by atoms with Crippen LogP contribution in [0, 0.1) is 0 Å². The number of ether oxygens (including phenoxy) is 2. The van der Waals surface area contributed by atoms with Crippen LogP contribution in [0.15, 0.2) is 60.7 Å². The van der Waals surface area contributed by atoms with Gasteiger partial charge >= 0.3 is 0 Å². The molecule has 3 rings (SSSR count). The number of benzene rings is 3. The zero-order valence-corrected chi connectivity index (χ0v) is 16.0. The van der Waals surface area contributed by atoms with E-state index >= 15 is 0 Å². The molecule has 1 N–H and O–H groups in total. The van der Waals surface area contributed by atoms with Crippen LogP contribution < -0.4 is 14.8 Å². The summed E-state index contributed by atoms with van der Waals surface area (Å²) in [5.41, 5.74) is 1.67. The van der Waals surface area contributed by atoms with Crippen LogP contribution in [0.25, 0.3) is 10.8 Å². The maximum atomic E-state index is 12.0. The fourth-order valence-corrected chi connectivity index (χ4v) is 2.85. The number of ketones is 1. The number of amides is 1. The van der Waals surface area contributed by atoms with Gasteiger partial charge in [-0.1, -0.05) is 18.2 Å². The molecule has 5 heteroatoms. The Morgan fingerprint density at radius 2 is 1.57 bits per heavy atom. The summed E-state index contributed by atoms with van der Waals surface area (Å²) >= 11 is 0. The number of methoxy groups -OCH3 is 1. The first-order chi connectivity index (χ1) is 13.5. The molecule has 0 saturated carbocycles. The minimum absolute atomic E-state index is 0.0127. The van der Waals surface area contributed by atoms with E-state index in [1.165, 1.54) is 6.92 Å². The molecule has 0 saturated heterocycles. The van der Waals surface area contributed by atoms with Crippen molar-refractivity contribution in [2.45, 2.75) is 19.9 Å². The molecule has 0 aliphatic heterocycles. The smallest absolute Gasteiger partial charge is 0.223 e. The third-order valence-electron chi connectivity index (χ3n) is 4.46. The number of nitrogens with one attached hydrogen (secondary N) is 1. The second kappa shape index (κ2) is 9.04. The van der Waals surface area contributed by atoms with Crippen LogP contribution in [0.5, 0.6) is 11.5 Å². The normalized spacial score (nSPS) is 10.5. The van der Waals surface area contributed by atoms with E-state index in [-0.39, 0.29) is 24.7 Å². The molecule has 0 heterocycles. The fourth-order valence-electron chi connectivity index (χ4n) is 2.85. The Balaban J connectivity index is 1.46. The van der Waals surface area contributed by atoms with Crippen molar-refractivity contribution in [3.05, 3.63) is 71.8 Å². The van der Waals surface area contributed by atoms with Crippen molar-refractivity contribution < 1.29 is 19.1 Å². The molecular weight excluding hydrogens is 354 g/mol. The van der Waals surface area contributed by atoms with Gasteiger partial charge in [0.05, 0.1) is 20.1 Å². The highest BCUT2D eigenvalue weighted by Crippen LogP contribution is 2.21. The van der Waals surface area contributed by atoms with Crippen molar-refractivity contribution in [2.75, 3.05) is 13.7 Å². The van der Waals surface area contributed by atoms with Crippen LogP contribution >= 0.6 is 0 Å². The van der Waals surface area contributed by atoms with Gasteiger partial charge in [-0.3, -0.25) is 9.59 Å². The largest absolute Gasteiger partial charge is 0.497 e. The molecular formula is C23H23NO4. The Bertz CT molecular complexity index is 980. The van der Waals surface area contributed by atoms with E-state index in [2.05, 4.69) is 11.4 Å². The predicted molar refractivity (Wildman–Crippen MR) is 109 cm³/mol. The maximum absolute atomic E-state index is 12.0. The number of fused-ring (bicyclic) bond motifs is 1. The van der Waals surface area contributed by atoms with E-state index in [0.717, 1.165) is 22.1 Å². The minimum atomic E-state index is -0.0739. The maximum Gasteiger partial charge on any atom is 0.223 e. The fraction of sp³-hybridized carbons (Fsp3) is 0.217. The monoisotopic (exact) mass is 377 g/mol. The molecule has 0 unspecified atom stereocenters. The van der Waals surface area contributed by atoms with Crippen molar-refractivity contribution in [3.63, 3.8) is 0 Å². The van der Waals surface area contributed by atoms with Crippen LogP contribution in [-0.4, -0.2) is 25.4 Å². The van der Waals surface area contributed by atoms with Gasteiger partial charge in [-0.15, -0.1) is 0 Å². The number of carbonyl (C=O) groups is 2. The van der Waals surface area contributed by atoms with Gasteiger partial charge in [0.25, 0.3) is 0 Å². The van der Waals surface area contributed by atoms with Crippen molar-refractivity contribution >= 4 is 22.5 Å². The van der Waals surface area contributed by atoms with Gasteiger partial charge in [0.2, 0.25) is 5.91 Å². The third-order valence-corrected chi connectivity index (χ3v) is 4.46. The van der Waals surface area contributed by atoms with Gasteiger partial charge in [0.15, 0.2) is 5.78 Å². The van der Waals surface area contributed by atoms with E-state index in [4.69, 9.17) is 9.47 Å². The summed E-state index contributed by atoms with van der Waals surface area (Å²) in [4.78, 5) is 23.3. The van der Waals surface area contributed by atoms with Gasteiger partial charge in [0, 0.05) is 12.1 Å². The Kier molecular flexibility index (Phi) is 6.27. The van der Waals surface area contributed by atoms with E-state index in [1.807, 2.05) is 30.3 Å². The molecule has 3 aromatic rings. The van der Waals surface area contributed by atoms with Gasteiger partial charge in [-0.2, -0.15) is 0 Å². The second-order valence-electron chi connectivity index (χ2n) is 6.50. The summed E-state index contributed by atoms with van der Waals surface area (Å²) in [6, 6.07) is 18.9. The Morgan fingerprint density at radius 3 is 2.29 bits per heavy atom. The summed E-state index contributed by atoms with van der Waals surface area (Å²) in [7, 11) is 1.65. The molecule has 0 aliphatic rings. The number of hydrogen-bond donors (Lipinski definition) is 1. The summed E-state index contributed by atoms with van der Waals surface area (Å²) in [6.07, 6.45) is 0.263. The van der Waals surface area contributed by atoms with E-state index in [9.17, 15) is 9.59 Å². The first-order valence-electron chi connectivity index (χ1n) is 9.12. The molecule has 5 nitrogen and oxygen atoms in total. The van der Waals surface area contributed by atoms with Crippen LogP contribution in [0.3, 0.4) is 0 Å². The van der Waals surface area contributed by atoms with Crippen molar-refractivity contribution in [1.29, 1.82) is 0 Å². The lowest BCUT2D eigenvalue weighted by atomic mass is 10.1. The topological polar surface area (TPSA) is 64.6 Å². The van der Waals surface area contributed by atoms with Crippen LogP contribution in [0.1, 0.15) is 29.3 Å². The molecule has 0 radical (unpaired) electrons. The first-order valence-corrected chi connectivity index (χ1v) is 9.12. The molecule has 1 amide bonds. The number of Topliss-reactive ketones (excluding diaryl/α,β-unsaturated/α-hetero) is 1. The second-order valence-corrected chi connectivity index (χ2v) is 6.50. The van der Waals surface area contributed by atoms with Gasteiger partial charge < -0.3 is 14.8 Å². The highest BCUT2D eigenvalue weighted by molar-refractivity contribution is 5.94. The Morgan fingerprint density at radius 1 is 0.893 bits per heavy atom. The molecule has 0 aromatic heterocycles. The number of rotatable bonds is 8. The average molecular weight is 377 g/mol. The quantitative estimate of drug-likeness (QED) is 0.599. The van der Waals surface area contributed by atoms with Crippen LogP contribution in [-0.2, 0) is 11.3 Å². The first kappa shape index (κ1) is 19.4. The summed E-state index contributed by atoms with van der Waals surface area (Å²) < 4.78 is 10.8.